The van der Waals surface area contributed by atoms with Crippen LogP contribution < -0.4 is 5.32 Å². The number of thioether (sulfide) groups is 1. The second kappa shape index (κ2) is 2.51. The normalized spacial score (nSPS) is 31.7. The first-order valence-corrected chi connectivity index (χ1v) is 4.52. The first kappa shape index (κ1) is 7.42. The molecule has 1 saturated heterocycles. The van der Waals surface area contributed by atoms with E-state index in [9.17, 15) is 0 Å². The molecule has 2 heteroatoms. The van der Waals surface area contributed by atoms with E-state index in [1.54, 1.807) is 0 Å². The number of nitrogens with one attached hydrogen (secondary N) is 1. The van der Waals surface area contributed by atoms with E-state index in [0.29, 0.717) is 4.75 Å². The van der Waals surface area contributed by atoms with Crippen LogP contribution in [0.4, 0.5) is 0 Å². The van der Waals surface area contributed by atoms with E-state index in [0.717, 1.165) is 12.6 Å². The van der Waals surface area contributed by atoms with Gasteiger partial charge in [-0.15, -0.1) is 0 Å². The molecule has 0 aliphatic carbocycles. The van der Waals surface area contributed by atoms with Crippen molar-refractivity contribution >= 4 is 11.8 Å². The van der Waals surface area contributed by atoms with Gasteiger partial charge in [0.25, 0.3) is 0 Å². The molecule has 0 aromatic rings. The van der Waals surface area contributed by atoms with Crippen LogP contribution in [0.5, 0.6) is 0 Å². The van der Waals surface area contributed by atoms with Gasteiger partial charge in [0.05, 0.1) is 0 Å². The molecule has 0 saturated carbocycles. The standard InChI is InChI=1S/C7H15NS/c1-4-8-6-5-9-7(6,2)3/h6,8H,4-5H2,1-3H3. The summed E-state index contributed by atoms with van der Waals surface area (Å²) in [5.41, 5.74) is 0. The quantitative estimate of drug-likeness (QED) is 0.632. The predicted octanol–water partition coefficient (Wildman–Crippen LogP) is 1.49. The molecule has 1 aliphatic rings. The van der Waals surface area contributed by atoms with Crippen molar-refractivity contribution in [1.82, 2.24) is 5.32 Å². The molecule has 1 heterocycles. The van der Waals surface area contributed by atoms with Gasteiger partial charge in [-0.3, -0.25) is 0 Å². The summed E-state index contributed by atoms with van der Waals surface area (Å²) >= 11 is 2.05. The summed E-state index contributed by atoms with van der Waals surface area (Å²) in [6, 6.07) is 0.757. The van der Waals surface area contributed by atoms with Crippen molar-refractivity contribution in [2.75, 3.05) is 12.3 Å². The van der Waals surface area contributed by atoms with Crippen LogP contribution in [0.25, 0.3) is 0 Å². The van der Waals surface area contributed by atoms with Gasteiger partial charge in [0.1, 0.15) is 0 Å². The van der Waals surface area contributed by atoms with E-state index >= 15 is 0 Å². The van der Waals surface area contributed by atoms with E-state index in [2.05, 4.69) is 26.1 Å². The topological polar surface area (TPSA) is 12.0 Å². The highest BCUT2D eigenvalue weighted by Crippen LogP contribution is 2.39. The fraction of sp³-hybridized carbons (Fsp3) is 1.00. The van der Waals surface area contributed by atoms with Crippen LogP contribution in [0, 0.1) is 0 Å². The number of rotatable bonds is 2. The van der Waals surface area contributed by atoms with Crippen molar-refractivity contribution in [3.8, 4) is 0 Å². The molecule has 1 fully saturated rings. The Morgan fingerprint density at radius 1 is 1.67 bits per heavy atom. The lowest BCUT2D eigenvalue weighted by molar-refractivity contribution is 0.447. The lowest BCUT2D eigenvalue weighted by Crippen LogP contribution is -2.54. The predicted molar refractivity (Wildman–Crippen MR) is 44.0 cm³/mol. The fourth-order valence-electron chi connectivity index (χ4n) is 1.05. The van der Waals surface area contributed by atoms with E-state index in [-0.39, 0.29) is 0 Å². The number of hydrogen-bond donors (Lipinski definition) is 1. The minimum absolute atomic E-state index is 0.496. The molecule has 9 heavy (non-hydrogen) atoms. The minimum Gasteiger partial charge on any atom is -0.312 e. The van der Waals surface area contributed by atoms with Gasteiger partial charge in [0.15, 0.2) is 0 Å². The van der Waals surface area contributed by atoms with Gasteiger partial charge >= 0.3 is 0 Å². The van der Waals surface area contributed by atoms with Gasteiger partial charge in [0, 0.05) is 16.5 Å². The maximum atomic E-state index is 3.45. The summed E-state index contributed by atoms with van der Waals surface area (Å²) in [6.45, 7) is 7.87. The molecule has 0 aromatic carbocycles. The first-order valence-electron chi connectivity index (χ1n) is 3.54. The molecule has 0 amide bonds. The highest BCUT2D eigenvalue weighted by atomic mass is 32.2. The van der Waals surface area contributed by atoms with Crippen LogP contribution in [0.15, 0.2) is 0 Å². The lowest BCUT2D eigenvalue weighted by atomic mass is 10.0. The molecular formula is C7H15NS. The average molecular weight is 145 g/mol. The molecule has 0 radical (unpaired) electrons. The maximum Gasteiger partial charge on any atom is 0.0300 e. The molecule has 1 rings (SSSR count). The number of hydrogen-bond acceptors (Lipinski definition) is 2. The molecule has 1 unspecified atom stereocenters. The van der Waals surface area contributed by atoms with E-state index < -0.39 is 0 Å². The van der Waals surface area contributed by atoms with Gasteiger partial charge in [-0.05, 0) is 20.4 Å². The summed E-state index contributed by atoms with van der Waals surface area (Å²) in [6.07, 6.45) is 0. The molecule has 1 aliphatic heterocycles. The third-order valence-corrected chi connectivity index (χ3v) is 3.44. The smallest absolute Gasteiger partial charge is 0.0300 e. The van der Waals surface area contributed by atoms with Gasteiger partial charge in [-0.1, -0.05) is 6.92 Å². The molecule has 1 N–H and O–H groups in total. The summed E-state index contributed by atoms with van der Waals surface area (Å²) < 4.78 is 0.496. The van der Waals surface area contributed by atoms with Crippen LogP contribution in [-0.2, 0) is 0 Å². The highest BCUT2D eigenvalue weighted by Gasteiger charge is 2.38. The van der Waals surface area contributed by atoms with Crippen molar-refractivity contribution in [2.24, 2.45) is 0 Å². The molecule has 1 nitrogen and oxygen atoms in total. The average Bonchev–Trinajstić information content (AvgIpc) is 1.81. The molecular weight excluding hydrogens is 130 g/mol. The zero-order chi connectivity index (χ0) is 6.91. The summed E-state index contributed by atoms with van der Waals surface area (Å²) in [7, 11) is 0. The largest absolute Gasteiger partial charge is 0.312 e. The Morgan fingerprint density at radius 3 is 2.44 bits per heavy atom. The summed E-state index contributed by atoms with van der Waals surface area (Å²) in [4.78, 5) is 0. The second-order valence-corrected chi connectivity index (χ2v) is 4.70. The van der Waals surface area contributed by atoms with E-state index in [1.807, 2.05) is 11.8 Å². The van der Waals surface area contributed by atoms with Crippen molar-refractivity contribution in [3.63, 3.8) is 0 Å². The highest BCUT2D eigenvalue weighted by molar-refractivity contribution is 8.02. The third-order valence-electron chi connectivity index (χ3n) is 1.91. The van der Waals surface area contributed by atoms with Crippen molar-refractivity contribution in [1.29, 1.82) is 0 Å². The van der Waals surface area contributed by atoms with Crippen molar-refractivity contribution in [2.45, 2.75) is 31.6 Å². The Kier molecular flexibility index (Phi) is 2.07. The van der Waals surface area contributed by atoms with Gasteiger partial charge in [-0.25, -0.2) is 0 Å². The fourth-order valence-corrected chi connectivity index (χ4v) is 2.25. The Bertz CT molecular complexity index is 101. The first-order chi connectivity index (χ1) is 4.17. The zero-order valence-electron chi connectivity index (χ0n) is 6.40. The monoisotopic (exact) mass is 145 g/mol. The molecule has 0 spiro atoms. The Hall–Kier alpha value is 0.310. The van der Waals surface area contributed by atoms with Gasteiger partial charge in [0.2, 0.25) is 0 Å². The van der Waals surface area contributed by atoms with Crippen LogP contribution >= 0.6 is 11.8 Å². The van der Waals surface area contributed by atoms with E-state index in [4.69, 9.17) is 0 Å². The van der Waals surface area contributed by atoms with Gasteiger partial charge in [-0.2, -0.15) is 11.8 Å². The Balaban J connectivity index is 2.28. The van der Waals surface area contributed by atoms with Crippen LogP contribution in [0.3, 0.4) is 0 Å². The Morgan fingerprint density at radius 2 is 2.33 bits per heavy atom. The van der Waals surface area contributed by atoms with Crippen LogP contribution in [0.1, 0.15) is 20.8 Å². The van der Waals surface area contributed by atoms with Crippen molar-refractivity contribution in [3.05, 3.63) is 0 Å². The summed E-state index contributed by atoms with van der Waals surface area (Å²) in [5.74, 6) is 1.29. The molecule has 0 bridgehead atoms. The van der Waals surface area contributed by atoms with Crippen LogP contribution in [0.2, 0.25) is 0 Å². The van der Waals surface area contributed by atoms with E-state index in [1.165, 1.54) is 5.75 Å². The SMILES string of the molecule is CCNC1CSC1(C)C. The molecule has 54 valence electrons. The maximum absolute atomic E-state index is 3.45. The van der Waals surface area contributed by atoms with Crippen molar-refractivity contribution < 1.29 is 0 Å². The summed E-state index contributed by atoms with van der Waals surface area (Å²) in [5, 5.41) is 3.45. The molecule has 1 atom stereocenters. The lowest BCUT2D eigenvalue weighted by Gasteiger charge is -2.44. The zero-order valence-corrected chi connectivity index (χ0v) is 7.22. The second-order valence-electron chi connectivity index (χ2n) is 3.02. The van der Waals surface area contributed by atoms with Crippen LogP contribution in [-0.4, -0.2) is 23.1 Å². The third kappa shape index (κ3) is 1.41. The molecule has 0 aromatic heterocycles. The van der Waals surface area contributed by atoms with Gasteiger partial charge < -0.3 is 5.32 Å². The minimum atomic E-state index is 0.496. The Labute approximate surface area is 61.6 Å².